The molecule has 0 radical (unpaired) electrons. The Bertz CT molecular complexity index is 430. The maximum absolute atomic E-state index is 11.3. The van der Waals surface area contributed by atoms with Crippen LogP contribution in [0.3, 0.4) is 0 Å². The Morgan fingerprint density at radius 1 is 1.44 bits per heavy atom. The summed E-state index contributed by atoms with van der Waals surface area (Å²) in [6.45, 7) is 2.85. The number of fused-ring (bicyclic) bond motifs is 1. The monoisotopic (exact) mass is 265 g/mol. The standard InChI is InChI=1S/C14H19NO2S/c1-2-10(9-18)8-17-12-4-5-13-11(7-12)3-6-14(16)15-13/h4-5,7,10,18H,2-3,6,8-9H2,1H3,(H,15,16). The lowest BCUT2D eigenvalue weighted by Crippen LogP contribution is -2.19. The SMILES string of the molecule is CCC(CS)COc1ccc2c(c1)CCC(=O)N2. The molecule has 1 aromatic carbocycles. The predicted molar refractivity (Wildman–Crippen MR) is 76.5 cm³/mol. The van der Waals surface area contributed by atoms with Gasteiger partial charge >= 0.3 is 0 Å². The summed E-state index contributed by atoms with van der Waals surface area (Å²) in [6.07, 6.45) is 2.43. The summed E-state index contributed by atoms with van der Waals surface area (Å²) in [4.78, 5) is 11.3. The number of anilines is 1. The number of hydrogen-bond donors (Lipinski definition) is 2. The maximum Gasteiger partial charge on any atom is 0.224 e. The van der Waals surface area contributed by atoms with Gasteiger partial charge in [-0.3, -0.25) is 4.79 Å². The number of aryl methyl sites for hydroxylation is 1. The fourth-order valence-electron chi connectivity index (χ4n) is 1.96. The lowest BCUT2D eigenvalue weighted by atomic mass is 10.0. The average Bonchev–Trinajstić information content (AvgIpc) is 2.40. The quantitative estimate of drug-likeness (QED) is 0.803. The molecule has 1 unspecified atom stereocenters. The number of nitrogens with one attached hydrogen (secondary N) is 1. The molecule has 0 fully saturated rings. The van der Waals surface area contributed by atoms with Crippen LogP contribution in [0.2, 0.25) is 0 Å². The lowest BCUT2D eigenvalue weighted by molar-refractivity contribution is -0.116. The van der Waals surface area contributed by atoms with Crippen molar-refractivity contribution < 1.29 is 9.53 Å². The summed E-state index contributed by atoms with van der Waals surface area (Å²) in [5.74, 6) is 2.31. The van der Waals surface area contributed by atoms with Crippen LogP contribution < -0.4 is 10.1 Å². The Labute approximate surface area is 113 Å². The van der Waals surface area contributed by atoms with E-state index in [2.05, 4.69) is 24.9 Å². The molecule has 1 atom stereocenters. The minimum absolute atomic E-state index is 0.0947. The van der Waals surface area contributed by atoms with Crippen LogP contribution in [0, 0.1) is 5.92 Å². The molecule has 0 aliphatic carbocycles. The molecule has 98 valence electrons. The second-order valence-electron chi connectivity index (χ2n) is 4.63. The topological polar surface area (TPSA) is 38.3 Å². The zero-order valence-electron chi connectivity index (χ0n) is 10.6. The van der Waals surface area contributed by atoms with Crippen molar-refractivity contribution in [1.82, 2.24) is 0 Å². The maximum atomic E-state index is 11.3. The number of ether oxygens (including phenoxy) is 1. The smallest absolute Gasteiger partial charge is 0.224 e. The Morgan fingerprint density at radius 3 is 3.00 bits per heavy atom. The molecule has 18 heavy (non-hydrogen) atoms. The molecule has 1 aliphatic heterocycles. The molecule has 3 nitrogen and oxygen atoms in total. The highest BCUT2D eigenvalue weighted by molar-refractivity contribution is 7.80. The summed E-state index contributed by atoms with van der Waals surface area (Å²) >= 11 is 4.30. The van der Waals surface area contributed by atoms with Crippen LogP contribution in [-0.4, -0.2) is 18.3 Å². The minimum atomic E-state index is 0.0947. The first-order valence-corrected chi connectivity index (χ1v) is 7.02. The second-order valence-corrected chi connectivity index (χ2v) is 5.00. The Kier molecular flexibility index (Phi) is 4.53. The van der Waals surface area contributed by atoms with Gasteiger partial charge in [0.1, 0.15) is 5.75 Å². The Hall–Kier alpha value is -1.16. The summed E-state index contributed by atoms with van der Waals surface area (Å²) in [7, 11) is 0. The molecule has 2 rings (SSSR count). The van der Waals surface area contributed by atoms with E-state index in [-0.39, 0.29) is 5.91 Å². The molecule has 0 saturated carbocycles. The van der Waals surface area contributed by atoms with Crippen molar-refractivity contribution in [2.24, 2.45) is 5.92 Å². The van der Waals surface area contributed by atoms with Crippen LogP contribution in [0.1, 0.15) is 25.3 Å². The van der Waals surface area contributed by atoms with E-state index in [0.717, 1.165) is 35.6 Å². The summed E-state index contributed by atoms with van der Waals surface area (Å²) in [6, 6.07) is 5.86. The van der Waals surface area contributed by atoms with Crippen LogP contribution >= 0.6 is 12.6 Å². The number of rotatable bonds is 5. The van der Waals surface area contributed by atoms with Crippen molar-refractivity contribution in [1.29, 1.82) is 0 Å². The molecule has 1 amide bonds. The molecule has 1 N–H and O–H groups in total. The fraction of sp³-hybridized carbons (Fsp3) is 0.500. The molecule has 0 aromatic heterocycles. The number of hydrogen-bond acceptors (Lipinski definition) is 3. The van der Waals surface area contributed by atoms with Crippen LogP contribution in [0.15, 0.2) is 18.2 Å². The third-order valence-electron chi connectivity index (χ3n) is 3.29. The van der Waals surface area contributed by atoms with E-state index in [9.17, 15) is 4.79 Å². The molecule has 1 aliphatic rings. The molecule has 4 heteroatoms. The van der Waals surface area contributed by atoms with Crippen molar-refractivity contribution in [3.05, 3.63) is 23.8 Å². The summed E-state index contributed by atoms with van der Waals surface area (Å²) in [5, 5.41) is 2.87. The van der Waals surface area contributed by atoms with Crippen LogP contribution in [0.5, 0.6) is 5.75 Å². The van der Waals surface area contributed by atoms with Gasteiger partial charge in [0, 0.05) is 18.0 Å². The summed E-state index contributed by atoms with van der Waals surface area (Å²) in [5.41, 5.74) is 2.07. The van der Waals surface area contributed by atoms with Gasteiger partial charge < -0.3 is 10.1 Å². The van der Waals surface area contributed by atoms with E-state index in [0.29, 0.717) is 18.9 Å². The van der Waals surface area contributed by atoms with Gasteiger partial charge in [0.25, 0.3) is 0 Å². The highest BCUT2D eigenvalue weighted by atomic mass is 32.1. The van der Waals surface area contributed by atoms with Gasteiger partial charge in [-0.2, -0.15) is 12.6 Å². The Balaban J connectivity index is 2.01. The molecule has 0 spiro atoms. The second kappa shape index (κ2) is 6.14. The van der Waals surface area contributed by atoms with Gasteiger partial charge in [-0.25, -0.2) is 0 Å². The summed E-state index contributed by atoms with van der Waals surface area (Å²) < 4.78 is 5.78. The first kappa shape index (κ1) is 13.3. The van der Waals surface area contributed by atoms with Gasteiger partial charge in [-0.05, 0) is 42.4 Å². The zero-order valence-corrected chi connectivity index (χ0v) is 11.5. The van der Waals surface area contributed by atoms with Gasteiger partial charge in [-0.15, -0.1) is 0 Å². The lowest BCUT2D eigenvalue weighted by Gasteiger charge is -2.19. The number of carbonyl (C=O) groups excluding carboxylic acids is 1. The fourth-order valence-corrected chi connectivity index (χ4v) is 2.33. The van der Waals surface area contributed by atoms with E-state index in [1.54, 1.807) is 0 Å². The molecular weight excluding hydrogens is 246 g/mol. The van der Waals surface area contributed by atoms with Gasteiger partial charge in [0.15, 0.2) is 0 Å². The highest BCUT2D eigenvalue weighted by Crippen LogP contribution is 2.27. The molecule has 1 heterocycles. The Morgan fingerprint density at radius 2 is 2.28 bits per heavy atom. The van der Waals surface area contributed by atoms with Gasteiger partial charge in [-0.1, -0.05) is 6.92 Å². The minimum Gasteiger partial charge on any atom is -0.493 e. The van der Waals surface area contributed by atoms with Crippen molar-refractivity contribution in [3.63, 3.8) is 0 Å². The van der Waals surface area contributed by atoms with Crippen LogP contribution in [0.4, 0.5) is 5.69 Å². The van der Waals surface area contributed by atoms with E-state index in [1.165, 1.54) is 0 Å². The third-order valence-corrected chi connectivity index (χ3v) is 3.81. The first-order valence-electron chi connectivity index (χ1n) is 6.39. The van der Waals surface area contributed by atoms with E-state index >= 15 is 0 Å². The van der Waals surface area contributed by atoms with Crippen molar-refractivity contribution in [2.75, 3.05) is 17.7 Å². The predicted octanol–water partition coefficient (Wildman–Crippen LogP) is 2.91. The third kappa shape index (κ3) is 3.19. The van der Waals surface area contributed by atoms with Gasteiger partial charge in [0.2, 0.25) is 5.91 Å². The number of carbonyl (C=O) groups is 1. The molecule has 0 bridgehead atoms. The van der Waals surface area contributed by atoms with Crippen molar-refractivity contribution in [2.45, 2.75) is 26.2 Å². The molecule has 0 saturated heterocycles. The van der Waals surface area contributed by atoms with Crippen molar-refractivity contribution in [3.8, 4) is 5.75 Å². The number of amides is 1. The van der Waals surface area contributed by atoms with E-state index < -0.39 is 0 Å². The first-order chi connectivity index (χ1) is 8.72. The normalized spacial score (nSPS) is 15.8. The van der Waals surface area contributed by atoms with Crippen molar-refractivity contribution >= 4 is 24.2 Å². The van der Waals surface area contributed by atoms with Crippen LogP contribution in [0.25, 0.3) is 0 Å². The van der Waals surface area contributed by atoms with Crippen LogP contribution in [-0.2, 0) is 11.2 Å². The largest absolute Gasteiger partial charge is 0.493 e. The number of benzene rings is 1. The van der Waals surface area contributed by atoms with E-state index in [4.69, 9.17) is 4.74 Å². The number of thiol groups is 1. The average molecular weight is 265 g/mol. The van der Waals surface area contributed by atoms with Gasteiger partial charge in [0.05, 0.1) is 6.61 Å². The molecular formula is C14H19NO2S. The zero-order chi connectivity index (χ0) is 13.0. The highest BCUT2D eigenvalue weighted by Gasteiger charge is 2.15. The molecule has 1 aromatic rings. The van der Waals surface area contributed by atoms with E-state index in [1.807, 2.05) is 18.2 Å².